The van der Waals surface area contributed by atoms with Gasteiger partial charge in [0, 0.05) is 16.5 Å². The zero-order valence-corrected chi connectivity index (χ0v) is 16.1. The summed E-state index contributed by atoms with van der Waals surface area (Å²) >= 11 is 1.93. The molecule has 26 heavy (non-hydrogen) atoms. The summed E-state index contributed by atoms with van der Waals surface area (Å²) in [5.41, 5.74) is 4.71. The quantitative estimate of drug-likeness (QED) is 0.565. The molecule has 2 aromatic carbocycles. The Kier molecular flexibility index (Phi) is 5.02. The molecule has 1 fully saturated rings. The molecule has 4 rings (SSSR count). The molecule has 4 heteroatoms. The highest BCUT2D eigenvalue weighted by Crippen LogP contribution is 2.37. The Morgan fingerprint density at radius 1 is 1.00 bits per heavy atom. The number of methoxy groups -OCH3 is 1. The van der Waals surface area contributed by atoms with Gasteiger partial charge in [-0.2, -0.15) is 0 Å². The monoisotopic (exact) mass is 364 g/mol. The molecule has 0 atom stereocenters. The lowest BCUT2D eigenvalue weighted by Crippen LogP contribution is -2.02. The number of ether oxygens (including phenoxy) is 1. The molecule has 3 nitrogen and oxygen atoms in total. The van der Waals surface area contributed by atoms with E-state index < -0.39 is 0 Å². The van der Waals surface area contributed by atoms with Crippen LogP contribution in [0.25, 0.3) is 16.9 Å². The van der Waals surface area contributed by atoms with Crippen LogP contribution in [0.5, 0.6) is 5.75 Å². The predicted molar refractivity (Wildman–Crippen MR) is 108 cm³/mol. The minimum Gasteiger partial charge on any atom is -0.497 e. The Morgan fingerprint density at radius 3 is 2.35 bits per heavy atom. The van der Waals surface area contributed by atoms with Crippen LogP contribution < -0.4 is 4.74 Å². The van der Waals surface area contributed by atoms with Crippen LogP contribution in [0.3, 0.4) is 0 Å². The van der Waals surface area contributed by atoms with E-state index in [0.717, 1.165) is 22.2 Å². The summed E-state index contributed by atoms with van der Waals surface area (Å²) in [7, 11) is 1.70. The standard InChI is InChI=1S/C22H24N2OS/c1-16-7-11-18(12-8-16)24-21(17-9-13-19(25-2)14-10-17)15-23-22(24)26-20-5-3-4-6-20/h7-15,20H,3-6H2,1-2H3. The van der Waals surface area contributed by atoms with E-state index in [-0.39, 0.29) is 0 Å². The Hall–Kier alpha value is -2.20. The molecule has 3 aromatic rings. The molecule has 0 N–H and O–H groups in total. The van der Waals surface area contributed by atoms with Gasteiger partial charge in [-0.25, -0.2) is 4.98 Å². The maximum absolute atomic E-state index is 5.30. The molecular formula is C22H24N2OS. The number of thioether (sulfide) groups is 1. The SMILES string of the molecule is COc1ccc(-c2cnc(SC3CCCC3)n2-c2ccc(C)cc2)cc1. The number of nitrogens with zero attached hydrogens (tertiary/aromatic N) is 2. The molecule has 1 aliphatic carbocycles. The maximum Gasteiger partial charge on any atom is 0.173 e. The molecule has 134 valence electrons. The van der Waals surface area contributed by atoms with Crippen molar-refractivity contribution in [3.63, 3.8) is 0 Å². The van der Waals surface area contributed by atoms with Gasteiger partial charge in [0.15, 0.2) is 5.16 Å². The summed E-state index contributed by atoms with van der Waals surface area (Å²) in [4.78, 5) is 4.79. The number of aryl methyl sites for hydroxylation is 1. The first kappa shape index (κ1) is 17.2. The fraction of sp³-hybridized carbons (Fsp3) is 0.318. The maximum atomic E-state index is 5.30. The summed E-state index contributed by atoms with van der Waals surface area (Å²) < 4.78 is 7.60. The van der Waals surface area contributed by atoms with Gasteiger partial charge in [-0.15, -0.1) is 0 Å². The molecule has 0 unspecified atom stereocenters. The van der Waals surface area contributed by atoms with Crippen molar-refractivity contribution in [1.29, 1.82) is 0 Å². The average molecular weight is 365 g/mol. The van der Waals surface area contributed by atoms with E-state index in [4.69, 9.17) is 9.72 Å². The fourth-order valence-corrected chi connectivity index (χ4v) is 4.77. The lowest BCUT2D eigenvalue weighted by atomic mass is 10.1. The van der Waals surface area contributed by atoms with Gasteiger partial charge in [0.1, 0.15) is 5.75 Å². The van der Waals surface area contributed by atoms with Gasteiger partial charge < -0.3 is 4.74 Å². The van der Waals surface area contributed by atoms with Crippen molar-refractivity contribution in [2.45, 2.75) is 43.0 Å². The molecular weight excluding hydrogens is 340 g/mol. The van der Waals surface area contributed by atoms with Gasteiger partial charge in [0.05, 0.1) is 19.0 Å². The third kappa shape index (κ3) is 3.51. The molecule has 1 aromatic heterocycles. The zero-order chi connectivity index (χ0) is 17.9. The number of hydrogen-bond acceptors (Lipinski definition) is 3. The summed E-state index contributed by atoms with van der Waals surface area (Å²) in [5.74, 6) is 0.871. The molecule has 0 aliphatic heterocycles. The minimum absolute atomic E-state index is 0.685. The first-order valence-electron chi connectivity index (χ1n) is 9.20. The van der Waals surface area contributed by atoms with Crippen LogP contribution in [-0.4, -0.2) is 21.9 Å². The summed E-state index contributed by atoms with van der Waals surface area (Å²) in [6.45, 7) is 2.12. The molecule has 1 heterocycles. The number of imidazole rings is 1. The molecule has 0 spiro atoms. The van der Waals surface area contributed by atoms with E-state index in [2.05, 4.69) is 47.9 Å². The highest BCUT2D eigenvalue weighted by Gasteiger charge is 2.21. The third-order valence-corrected chi connectivity index (χ3v) is 6.29. The van der Waals surface area contributed by atoms with Gasteiger partial charge in [-0.3, -0.25) is 4.57 Å². The van der Waals surface area contributed by atoms with Crippen LogP contribution in [0.4, 0.5) is 0 Å². The Bertz CT molecular complexity index is 862. The normalized spacial score (nSPS) is 14.7. The zero-order valence-electron chi connectivity index (χ0n) is 15.3. The van der Waals surface area contributed by atoms with E-state index in [9.17, 15) is 0 Å². The Balaban J connectivity index is 1.77. The number of hydrogen-bond donors (Lipinski definition) is 0. The van der Waals surface area contributed by atoms with Crippen molar-refractivity contribution in [2.24, 2.45) is 0 Å². The third-order valence-electron chi connectivity index (χ3n) is 4.98. The second-order valence-corrected chi connectivity index (χ2v) is 8.12. The topological polar surface area (TPSA) is 27.1 Å². The van der Waals surface area contributed by atoms with Crippen LogP contribution >= 0.6 is 11.8 Å². The minimum atomic E-state index is 0.685. The van der Waals surface area contributed by atoms with Crippen molar-refractivity contribution in [3.8, 4) is 22.7 Å². The van der Waals surface area contributed by atoms with Crippen molar-refractivity contribution in [1.82, 2.24) is 9.55 Å². The van der Waals surface area contributed by atoms with Crippen LogP contribution in [0, 0.1) is 6.92 Å². The largest absolute Gasteiger partial charge is 0.497 e. The Morgan fingerprint density at radius 2 is 1.69 bits per heavy atom. The molecule has 0 saturated heterocycles. The Labute approximate surface area is 159 Å². The van der Waals surface area contributed by atoms with E-state index in [1.165, 1.54) is 36.9 Å². The van der Waals surface area contributed by atoms with Crippen molar-refractivity contribution >= 4 is 11.8 Å². The van der Waals surface area contributed by atoms with Gasteiger partial charge in [-0.05, 0) is 56.2 Å². The van der Waals surface area contributed by atoms with Gasteiger partial charge in [0.2, 0.25) is 0 Å². The van der Waals surface area contributed by atoms with Crippen LogP contribution in [0.2, 0.25) is 0 Å². The highest BCUT2D eigenvalue weighted by atomic mass is 32.2. The van der Waals surface area contributed by atoms with Gasteiger partial charge in [-0.1, -0.05) is 42.3 Å². The van der Waals surface area contributed by atoms with E-state index in [0.29, 0.717) is 5.25 Å². The molecule has 1 aliphatic rings. The highest BCUT2D eigenvalue weighted by molar-refractivity contribution is 7.99. The number of rotatable bonds is 5. The predicted octanol–water partition coefficient (Wildman–Crippen LogP) is 5.89. The van der Waals surface area contributed by atoms with Crippen LogP contribution in [0.15, 0.2) is 59.9 Å². The van der Waals surface area contributed by atoms with Crippen molar-refractivity contribution in [3.05, 3.63) is 60.3 Å². The fourth-order valence-electron chi connectivity index (χ4n) is 3.48. The lowest BCUT2D eigenvalue weighted by molar-refractivity contribution is 0.415. The lowest BCUT2D eigenvalue weighted by Gasteiger charge is -2.15. The number of benzene rings is 2. The van der Waals surface area contributed by atoms with Crippen molar-refractivity contribution < 1.29 is 4.74 Å². The van der Waals surface area contributed by atoms with Crippen LogP contribution in [-0.2, 0) is 0 Å². The van der Waals surface area contributed by atoms with Gasteiger partial charge in [0.25, 0.3) is 0 Å². The average Bonchev–Trinajstić information content (AvgIpc) is 3.33. The van der Waals surface area contributed by atoms with E-state index in [1.54, 1.807) is 7.11 Å². The van der Waals surface area contributed by atoms with E-state index >= 15 is 0 Å². The molecule has 1 saturated carbocycles. The summed E-state index contributed by atoms with van der Waals surface area (Å²) in [6.07, 6.45) is 7.27. The molecule has 0 amide bonds. The van der Waals surface area contributed by atoms with Gasteiger partial charge >= 0.3 is 0 Å². The molecule has 0 bridgehead atoms. The van der Waals surface area contributed by atoms with Crippen molar-refractivity contribution in [2.75, 3.05) is 7.11 Å². The second kappa shape index (κ2) is 7.58. The second-order valence-electron chi connectivity index (χ2n) is 6.85. The molecule has 0 radical (unpaired) electrons. The summed E-state index contributed by atoms with van der Waals surface area (Å²) in [6, 6.07) is 16.9. The van der Waals surface area contributed by atoms with E-state index in [1.807, 2.05) is 30.1 Å². The van der Waals surface area contributed by atoms with Crippen LogP contribution in [0.1, 0.15) is 31.2 Å². The first-order valence-corrected chi connectivity index (χ1v) is 10.1. The number of aromatic nitrogens is 2. The first-order chi connectivity index (χ1) is 12.7. The summed E-state index contributed by atoms with van der Waals surface area (Å²) in [5, 5.41) is 1.77. The smallest absolute Gasteiger partial charge is 0.173 e.